The van der Waals surface area contributed by atoms with Crippen molar-refractivity contribution >= 4 is 38.5 Å². The fraction of sp³-hybridized carbons (Fsp3) is 0.286. The molecule has 2 rings (SSSR count). The number of pyridine rings is 1. The molecule has 0 radical (unpaired) electrons. The highest BCUT2D eigenvalue weighted by Crippen LogP contribution is 2.26. The lowest BCUT2D eigenvalue weighted by atomic mass is 10.1. The molecule has 2 aromatic rings. The van der Waals surface area contributed by atoms with Crippen LogP contribution in [-0.4, -0.2) is 16.7 Å². The van der Waals surface area contributed by atoms with Crippen LogP contribution in [0.25, 0.3) is 10.8 Å². The van der Waals surface area contributed by atoms with E-state index in [9.17, 15) is 4.79 Å². The Morgan fingerprint density at radius 2 is 2.05 bits per heavy atom. The fourth-order valence-corrected chi connectivity index (χ4v) is 2.01. The largest absolute Gasteiger partial charge is 0.444 e. The molecule has 100 valence electrons. The first kappa shape index (κ1) is 13.8. The number of hydrogen-bond acceptors (Lipinski definition) is 3. The molecule has 0 saturated heterocycles. The van der Waals surface area contributed by atoms with E-state index in [0.717, 1.165) is 15.2 Å². The molecular weight excluding hydrogens is 308 g/mol. The fourth-order valence-electron chi connectivity index (χ4n) is 1.65. The maximum absolute atomic E-state index is 11.8. The molecule has 1 amide bonds. The van der Waals surface area contributed by atoms with Gasteiger partial charge in [0.2, 0.25) is 0 Å². The van der Waals surface area contributed by atoms with Crippen LogP contribution in [0.5, 0.6) is 0 Å². The van der Waals surface area contributed by atoms with Gasteiger partial charge in [-0.3, -0.25) is 10.3 Å². The molecule has 0 saturated carbocycles. The molecule has 0 aliphatic heterocycles. The van der Waals surface area contributed by atoms with Gasteiger partial charge in [-0.05, 0) is 32.9 Å². The Hall–Kier alpha value is -1.62. The van der Waals surface area contributed by atoms with E-state index in [0.29, 0.717) is 5.69 Å². The third kappa shape index (κ3) is 3.67. The summed E-state index contributed by atoms with van der Waals surface area (Å²) >= 11 is 3.42. The van der Waals surface area contributed by atoms with Crippen molar-refractivity contribution < 1.29 is 9.53 Å². The van der Waals surface area contributed by atoms with E-state index in [1.165, 1.54) is 0 Å². The third-order valence-corrected chi connectivity index (χ3v) is 2.85. The van der Waals surface area contributed by atoms with Crippen molar-refractivity contribution in [3.8, 4) is 0 Å². The lowest BCUT2D eigenvalue weighted by molar-refractivity contribution is 0.0636. The van der Waals surface area contributed by atoms with Crippen molar-refractivity contribution in [1.82, 2.24) is 4.98 Å². The van der Waals surface area contributed by atoms with Crippen molar-refractivity contribution in [2.75, 3.05) is 5.32 Å². The molecule has 19 heavy (non-hydrogen) atoms. The highest BCUT2D eigenvalue weighted by atomic mass is 79.9. The van der Waals surface area contributed by atoms with Gasteiger partial charge < -0.3 is 4.74 Å². The van der Waals surface area contributed by atoms with E-state index in [1.807, 2.05) is 39.0 Å². The van der Waals surface area contributed by atoms with Crippen LogP contribution in [0.15, 0.2) is 35.1 Å². The van der Waals surface area contributed by atoms with Crippen molar-refractivity contribution in [1.29, 1.82) is 0 Å². The lowest BCUT2D eigenvalue weighted by Gasteiger charge is -2.20. The summed E-state index contributed by atoms with van der Waals surface area (Å²) in [6, 6.07) is 5.80. The smallest absolute Gasteiger partial charge is 0.412 e. The predicted octanol–water partition coefficient (Wildman–Crippen LogP) is 4.34. The van der Waals surface area contributed by atoms with Crippen LogP contribution in [0.3, 0.4) is 0 Å². The number of carbonyl (C=O) groups is 1. The number of rotatable bonds is 1. The highest BCUT2D eigenvalue weighted by Gasteiger charge is 2.17. The van der Waals surface area contributed by atoms with Gasteiger partial charge in [0, 0.05) is 21.4 Å². The van der Waals surface area contributed by atoms with Gasteiger partial charge in [-0.1, -0.05) is 22.0 Å². The second-order valence-corrected chi connectivity index (χ2v) is 6.10. The topological polar surface area (TPSA) is 51.2 Å². The van der Waals surface area contributed by atoms with Crippen molar-refractivity contribution in [2.45, 2.75) is 26.4 Å². The normalized spacial score (nSPS) is 11.4. The first-order valence-electron chi connectivity index (χ1n) is 5.88. The molecule has 1 aromatic carbocycles. The van der Waals surface area contributed by atoms with Crippen molar-refractivity contribution in [2.24, 2.45) is 0 Å². The van der Waals surface area contributed by atoms with Crippen LogP contribution in [-0.2, 0) is 4.74 Å². The van der Waals surface area contributed by atoms with E-state index in [1.54, 1.807) is 12.4 Å². The summed E-state index contributed by atoms with van der Waals surface area (Å²) in [7, 11) is 0. The van der Waals surface area contributed by atoms with E-state index in [4.69, 9.17) is 4.74 Å². The Labute approximate surface area is 120 Å². The zero-order valence-corrected chi connectivity index (χ0v) is 12.6. The average molecular weight is 323 g/mol. The summed E-state index contributed by atoms with van der Waals surface area (Å²) in [4.78, 5) is 15.9. The first-order valence-corrected chi connectivity index (χ1v) is 6.68. The molecule has 1 N–H and O–H groups in total. The Morgan fingerprint density at radius 3 is 2.74 bits per heavy atom. The van der Waals surface area contributed by atoms with Crippen molar-refractivity contribution in [3.05, 3.63) is 35.1 Å². The second kappa shape index (κ2) is 5.17. The number of carbonyl (C=O) groups excluding carboxylic acids is 1. The van der Waals surface area contributed by atoms with Crippen LogP contribution < -0.4 is 5.32 Å². The molecule has 4 nitrogen and oxygen atoms in total. The number of aromatic nitrogens is 1. The Balaban J connectivity index is 2.30. The summed E-state index contributed by atoms with van der Waals surface area (Å²) in [5.41, 5.74) is 0.107. The quantitative estimate of drug-likeness (QED) is 0.849. The number of fused-ring (bicyclic) bond motifs is 1. The number of amides is 1. The highest BCUT2D eigenvalue weighted by molar-refractivity contribution is 9.10. The maximum Gasteiger partial charge on any atom is 0.412 e. The van der Waals surface area contributed by atoms with E-state index in [2.05, 4.69) is 26.2 Å². The number of nitrogens with one attached hydrogen (secondary N) is 1. The minimum absolute atomic E-state index is 0.484. The molecule has 5 heteroatoms. The van der Waals surface area contributed by atoms with Crippen molar-refractivity contribution in [3.63, 3.8) is 0 Å². The van der Waals surface area contributed by atoms with Gasteiger partial charge in [-0.2, -0.15) is 0 Å². The van der Waals surface area contributed by atoms with Crippen LogP contribution in [0.4, 0.5) is 10.5 Å². The Morgan fingerprint density at radius 1 is 1.32 bits per heavy atom. The Bertz CT molecular complexity index is 620. The van der Waals surface area contributed by atoms with Crippen LogP contribution in [0, 0.1) is 0 Å². The summed E-state index contributed by atoms with van der Waals surface area (Å²) < 4.78 is 6.17. The van der Waals surface area contributed by atoms with E-state index in [-0.39, 0.29) is 0 Å². The number of hydrogen-bond donors (Lipinski definition) is 1. The molecule has 0 fully saturated rings. The average Bonchev–Trinajstić information content (AvgIpc) is 2.27. The van der Waals surface area contributed by atoms with Crippen LogP contribution >= 0.6 is 15.9 Å². The Kier molecular flexibility index (Phi) is 3.75. The predicted molar refractivity (Wildman–Crippen MR) is 79.3 cm³/mol. The number of nitrogens with zero attached hydrogens (tertiary/aromatic N) is 1. The first-order chi connectivity index (χ1) is 8.85. The number of benzene rings is 1. The molecule has 1 heterocycles. The van der Waals surface area contributed by atoms with Gasteiger partial charge in [0.25, 0.3) is 0 Å². The zero-order valence-electron chi connectivity index (χ0n) is 11.0. The summed E-state index contributed by atoms with van der Waals surface area (Å²) in [6.45, 7) is 5.47. The van der Waals surface area contributed by atoms with Crippen LogP contribution in [0.2, 0.25) is 0 Å². The molecule has 0 atom stereocenters. The molecule has 0 aliphatic carbocycles. The summed E-state index contributed by atoms with van der Waals surface area (Å²) in [5, 5.41) is 4.59. The number of halogens is 1. The van der Waals surface area contributed by atoms with Gasteiger partial charge in [0.05, 0.1) is 11.9 Å². The molecule has 0 bridgehead atoms. The minimum atomic E-state index is -0.525. The molecule has 0 spiro atoms. The minimum Gasteiger partial charge on any atom is -0.444 e. The SMILES string of the molecule is CC(C)(C)OC(=O)Nc1cncc2ccc(Br)cc12. The van der Waals surface area contributed by atoms with Gasteiger partial charge in [0.15, 0.2) is 0 Å². The summed E-state index contributed by atoms with van der Waals surface area (Å²) in [5.74, 6) is 0. The molecule has 0 unspecified atom stereocenters. The summed E-state index contributed by atoms with van der Waals surface area (Å²) in [6.07, 6.45) is 2.88. The molecule has 0 aliphatic rings. The lowest BCUT2D eigenvalue weighted by Crippen LogP contribution is -2.27. The standard InChI is InChI=1S/C14H15BrN2O2/c1-14(2,3)19-13(18)17-12-8-16-7-9-4-5-10(15)6-11(9)12/h4-8H,1-3H3,(H,17,18). The molecule has 1 aromatic heterocycles. The van der Waals surface area contributed by atoms with Gasteiger partial charge >= 0.3 is 6.09 Å². The third-order valence-electron chi connectivity index (χ3n) is 2.36. The van der Waals surface area contributed by atoms with Crippen LogP contribution in [0.1, 0.15) is 20.8 Å². The second-order valence-electron chi connectivity index (χ2n) is 5.18. The maximum atomic E-state index is 11.8. The van der Waals surface area contributed by atoms with Gasteiger partial charge in [-0.15, -0.1) is 0 Å². The monoisotopic (exact) mass is 322 g/mol. The zero-order chi connectivity index (χ0) is 14.0. The molecular formula is C14H15BrN2O2. The van der Waals surface area contributed by atoms with E-state index < -0.39 is 11.7 Å². The number of ether oxygens (including phenoxy) is 1. The van der Waals surface area contributed by atoms with E-state index >= 15 is 0 Å². The number of anilines is 1. The van der Waals surface area contributed by atoms with Gasteiger partial charge in [0.1, 0.15) is 5.60 Å². The van der Waals surface area contributed by atoms with Gasteiger partial charge in [-0.25, -0.2) is 4.79 Å².